The summed E-state index contributed by atoms with van der Waals surface area (Å²) in [4.78, 5) is 9.45. The lowest BCUT2D eigenvalue weighted by Gasteiger charge is -2.29. The third-order valence-electron chi connectivity index (χ3n) is 6.54. The Morgan fingerprint density at radius 2 is 1.10 bits per heavy atom. The summed E-state index contributed by atoms with van der Waals surface area (Å²) in [6.07, 6.45) is 6.36. The molecular formula is C25H28N4O2. The highest BCUT2D eigenvalue weighted by Gasteiger charge is 2.38. The lowest BCUT2D eigenvalue weighted by atomic mass is 10.1. The van der Waals surface area contributed by atoms with Crippen molar-refractivity contribution in [2.45, 2.75) is 24.9 Å². The molecule has 6 rings (SSSR count). The first-order valence-electron chi connectivity index (χ1n) is 11.1. The van der Waals surface area contributed by atoms with Crippen molar-refractivity contribution in [1.29, 1.82) is 0 Å². The van der Waals surface area contributed by atoms with Crippen LogP contribution in [0.3, 0.4) is 0 Å². The van der Waals surface area contributed by atoms with Crippen LogP contribution in [-0.2, 0) is 22.3 Å². The van der Waals surface area contributed by atoms with Gasteiger partial charge in [0.2, 0.25) is 11.8 Å². The van der Waals surface area contributed by atoms with E-state index in [1.807, 2.05) is 0 Å². The fourth-order valence-corrected chi connectivity index (χ4v) is 4.96. The number of nitrogens with zero attached hydrogens (tertiary/aromatic N) is 4. The van der Waals surface area contributed by atoms with Crippen LogP contribution in [0.15, 0.2) is 84.8 Å². The first-order chi connectivity index (χ1) is 15.3. The van der Waals surface area contributed by atoms with Gasteiger partial charge in [0, 0.05) is 0 Å². The lowest BCUT2D eigenvalue weighted by Crippen LogP contribution is -2.41. The highest BCUT2D eigenvalue weighted by molar-refractivity contribution is 5.19. The Labute approximate surface area is 183 Å². The molecule has 4 aliphatic rings. The van der Waals surface area contributed by atoms with Crippen LogP contribution in [0.5, 0.6) is 0 Å². The van der Waals surface area contributed by atoms with Crippen LogP contribution in [0, 0.1) is 0 Å². The van der Waals surface area contributed by atoms with Crippen LogP contribution in [-0.4, -0.2) is 64.9 Å². The molecule has 2 fully saturated rings. The number of hydrogen-bond acceptors (Lipinski definition) is 6. The van der Waals surface area contributed by atoms with E-state index in [2.05, 4.69) is 92.7 Å². The molecule has 0 saturated carbocycles. The smallest absolute Gasteiger partial charge is 0.207 e. The van der Waals surface area contributed by atoms with Crippen molar-refractivity contribution in [2.75, 3.05) is 33.2 Å². The number of rotatable bonds is 6. The van der Waals surface area contributed by atoms with Crippen LogP contribution < -0.4 is 0 Å². The summed E-state index contributed by atoms with van der Waals surface area (Å²) >= 11 is 0. The van der Waals surface area contributed by atoms with Crippen LogP contribution in [0.4, 0.5) is 0 Å². The van der Waals surface area contributed by atoms with Crippen LogP contribution in [0.2, 0.25) is 0 Å². The van der Waals surface area contributed by atoms with E-state index in [0.29, 0.717) is 12.1 Å². The molecule has 160 valence electrons. The van der Waals surface area contributed by atoms with Gasteiger partial charge in [-0.3, -0.25) is 0 Å². The molecule has 0 aliphatic carbocycles. The Hall–Kier alpha value is -3.28. The van der Waals surface area contributed by atoms with E-state index in [1.54, 1.807) is 0 Å². The van der Waals surface area contributed by atoms with Gasteiger partial charge in [0.15, 0.2) is 0 Å². The summed E-state index contributed by atoms with van der Waals surface area (Å²) in [6, 6.07) is 22.2. The Balaban J connectivity index is 1.05. The Kier molecular flexibility index (Phi) is 4.63. The third-order valence-corrected chi connectivity index (χ3v) is 6.54. The van der Waals surface area contributed by atoms with Crippen molar-refractivity contribution in [3.8, 4) is 0 Å². The highest BCUT2D eigenvalue weighted by atomic mass is 16.5. The summed E-state index contributed by atoms with van der Waals surface area (Å²) in [5.74, 6) is 2.01. The largest absolute Gasteiger partial charge is 0.476 e. The number of fused-ring (bicyclic) bond motifs is 2. The van der Waals surface area contributed by atoms with Gasteiger partial charge in [-0.15, -0.1) is 0 Å². The SMILES string of the molecule is C1=C2OC[C@H](Cc3ccccc3)N2CN1CN1C=C2OC[C@H](Cc3ccccc3)N2C1. The minimum atomic E-state index is 0.400. The molecule has 0 spiro atoms. The zero-order valence-corrected chi connectivity index (χ0v) is 17.6. The van der Waals surface area contributed by atoms with E-state index < -0.39 is 0 Å². The molecule has 4 heterocycles. The van der Waals surface area contributed by atoms with Gasteiger partial charge in [-0.1, -0.05) is 60.7 Å². The molecule has 0 bridgehead atoms. The van der Waals surface area contributed by atoms with Crippen LogP contribution >= 0.6 is 0 Å². The number of hydrogen-bond donors (Lipinski definition) is 0. The topological polar surface area (TPSA) is 31.4 Å². The molecule has 0 aromatic heterocycles. The second-order valence-electron chi connectivity index (χ2n) is 8.79. The predicted molar refractivity (Wildman–Crippen MR) is 118 cm³/mol. The van der Waals surface area contributed by atoms with Gasteiger partial charge >= 0.3 is 0 Å². The molecule has 31 heavy (non-hydrogen) atoms. The summed E-state index contributed by atoms with van der Waals surface area (Å²) in [6.45, 7) is 4.13. The summed E-state index contributed by atoms with van der Waals surface area (Å²) < 4.78 is 12.0. The lowest BCUT2D eigenvalue weighted by molar-refractivity contribution is 0.142. The van der Waals surface area contributed by atoms with E-state index in [-0.39, 0.29) is 0 Å². The highest BCUT2D eigenvalue weighted by Crippen LogP contribution is 2.31. The van der Waals surface area contributed by atoms with Crippen molar-refractivity contribution < 1.29 is 9.47 Å². The zero-order chi connectivity index (χ0) is 20.6. The van der Waals surface area contributed by atoms with Gasteiger partial charge in [0.25, 0.3) is 0 Å². The van der Waals surface area contributed by atoms with E-state index >= 15 is 0 Å². The maximum Gasteiger partial charge on any atom is 0.207 e. The molecule has 2 atom stereocenters. The summed E-state index contributed by atoms with van der Waals surface area (Å²) in [5, 5.41) is 0. The molecule has 2 aromatic carbocycles. The molecular weight excluding hydrogens is 388 g/mol. The minimum Gasteiger partial charge on any atom is -0.476 e. The molecule has 0 N–H and O–H groups in total. The summed E-state index contributed by atoms with van der Waals surface area (Å²) in [7, 11) is 0. The van der Waals surface area contributed by atoms with Gasteiger partial charge in [0.1, 0.15) is 13.2 Å². The molecule has 6 heteroatoms. The van der Waals surface area contributed by atoms with Crippen molar-refractivity contribution in [3.63, 3.8) is 0 Å². The van der Waals surface area contributed by atoms with Crippen LogP contribution in [0.25, 0.3) is 0 Å². The quantitative estimate of drug-likeness (QED) is 0.720. The van der Waals surface area contributed by atoms with E-state index in [4.69, 9.17) is 9.47 Å². The maximum atomic E-state index is 5.99. The number of ether oxygens (including phenoxy) is 2. The van der Waals surface area contributed by atoms with E-state index in [0.717, 1.165) is 57.8 Å². The minimum absolute atomic E-state index is 0.400. The summed E-state index contributed by atoms with van der Waals surface area (Å²) in [5.41, 5.74) is 2.73. The zero-order valence-electron chi connectivity index (χ0n) is 17.6. The average Bonchev–Trinajstić information content (AvgIpc) is 3.54. The Morgan fingerprint density at radius 3 is 1.55 bits per heavy atom. The molecule has 2 saturated heterocycles. The molecule has 4 aliphatic heterocycles. The average molecular weight is 417 g/mol. The fraction of sp³-hybridized carbons (Fsp3) is 0.360. The maximum absolute atomic E-state index is 5.99. The second kappa shape index (κ2) is 7.76. The van der Waals surface area contributed by atoms with Gasteiger partial charge < -0.3 is 29.1 Å². The van der Waals surface area contributed by atoms with Gasteiger partial charge in [0.05, 0.1) is 44.5 Å². The van der Waals surface area contributed by atoms with Crippen molar-refractivity contribution in [3.05, 3.63) is 96.0 Å². The standard InChI is InChI=1S/C25H28N4O2/c1-3-7-20(8-4-1)11-22-15-30-24-13-26(18-28(22)24)17-27-14-25-29(19-27)23(16-31-25)12-21-9-5-2-6-10-21/h1-10,13-14,22-23H,11-12,15-19H2/t22-,23-/m0/s1. The third kappa shape index (κ3) is 3.67. The van der Waals surface area contributed by atoms with E-state index in [9.17, 15) is 0 Å². The van der Waals surface area contributed by atoms with Crippen molar-refractivity contribution >= 4 is 0 Å². The predicted octanol–water partition coefficient (Wildman–Crippen LogP) is 2.97. The molecule has 0 radical (unpaired) electrons. The molecule has 0 amide bonds. The Bertz CT molecular complexity index is 898. The van der Waals surface area contributed by atoms with Crippen molar-refractivity contribution in [1.82, 2.24) is 19.6 Å². The second-order valence-corrected chi connectivity index (χ2v) is 8.79. The normalized spacial score (nSPS) is 24.0. The first kappa shape index (κ1) is 18.5. The van der Waals surface area contributed by atoms with Gasteiger partial charge in [-0.2, -0.15) is 0 Å². The van der Waals surface area contributed by atoms with Gasteiger partial charge in [-0.25, -0.2) is 0 Å². The molecule has 2 aromatic rings. The Morgan fingerprint density at radius 1 is 0.645 bits per heavy atom. The van der Waals surface area contributed by atoms with Crippen LogP contribution in [0.1, 0.15) is 11.1 Å². The van der Waals surface area contributed by atoms with Crippen molar-refractivity contribution in [2.24, 2.45) is 0 Å². The fourth-order valence-electron chi connectivity index (χ4n) is 4.96. The van der Waals surface area contributed by atoms with E-state index in [1.165, 1.54) is 11.1 Å². The monoisotopic (exact) mass is 416 g/mol. The first-order valence-corrected chi connectivity index (χ1v) is 11.1. The molecule has 0 unspecified atom stereocenters. The van der Waals surface area contributed by atoms with Gasteiger partial charge in [-0.05, 0) is 24.0 Å². The number of benzene rings is 2. The molecule has 6 nitrogen and oxygen atoms in total.